The van der Waals surface area contributed by atoms with E-state index in [1.807, 2.05) is 0 Å². The molecule has 1 aromatic rings. The second kappa shape index (κ2) is 12.7. The van der Waals surface area contributed by atoms with Crippen molar-refractivity contribution < 1.29 is 13.3 Å². The predicted molar refractivity (Wildman–Crippen MR) is 119 cm³/mol. The molecule has 0 saturated heterocycles. The Bertz CT molecular complexity index is 740. The normalized spacial score (nSPS) is 11.6. The van der Waals surface area contributed by atoms with Crippen molar-refractivity contribution in [2.75, 3.05) is 31.2 Å². The van der Waals surface area contributed by atoms with E-state index in [0.717, 1.165) is 25.2 Å². The first kappa shape index (κ1) is 25.4. The topological polar surface area (TPSA) is 140 Å². The van der Waals surface area contributed by atoms with Crippen LogP contribution in [-0.2, 0) is 9.84 Å². The first-order valence-corrected chi connectivity index (χ1v) is 10.4. The minimum Gasteiger partial charge on any atom is -0.378 e. The number of guanidine groups is 1. The number of sulfone groups is 1. The maximum Gasteiger partial charge on any atom is 0.293 e. The number of nitro groups is 1. The molecule has 0 heterocycles. The average molecular weight is 513 g/mol. The Labute approximate surface area is 177 Å². The van der Waals surface area contributed by atoms with Crippen LogP contribution < -0.4 is 16.4 Å². The molecular weight excluding hydrogens is 485 g/mol. The van der Waals surface area contributed by atoms with Crippen LogP contribution in [0.2, 0.25) is 0 Å². The number of nitrogens with two attached hydrogens (primary N) is 1. The van der Waals surface area contributed by atoms with E-state index in [4.69, 9.17) is 5.73 Å². The van der Waals surface area contributed by atoms with Crippen LogP contribution in [0, 0.1) is 10.1 Å². The van der Waals surface area contributed by atoms with Crippen LogP contribution in [0.15, 0.2) is 28.1 Å². The third-order valence-corrected chi connectivity index (χ3v) is 4.74. The number of aliphatic imine (C=N–C) groups is 1. The van der Waals surface area contributed by atoms with Gasteiger partial charge in [-0.3, -0.25) is 15.1 Å². The summed E-state index contributed by atoms with van der Waals surface area (Å²) in [6.07, 6.45) is 5.48. The number of nitro benzene ring substituents is 1. The highest BCUT2D eigenvalue weighted by Crippen LogP contribution is 2.27. The summed E-state index contributed by atoms with van der Waals surface area (Å²) >= 11 is 0. The molecule has 1 aromatic carbocycles. The lowest BCUT2D eigenvalue weighted by molar-refractivity contribution is -0.384. The number of nitrogens with zero attached hydrogens (tertiary/aromatic N) is 2. The number of hydrogen-bond donors (Lipinski definition) is 3. The molecule has 0 spiro atoms. The van der Waals surface area contributed by atoms with Gasteiger partial charge in [0.25, 0.3) is 5.69 Å². The third kappa shape index (κ3) is 9.75. The second-order valence-corrected chi connectivity index (χ2v) is 7.91. The number of benzene rings is 1. The van der Waals surface area contributed by atoms with Crippen molar-refractivity contribution in [2.45, 2.75) is 37.5 Å². The SMILES string of the molecule is CCCCCCN=C(N)NCCNc1ccc(S(C)(=O)=O)cc1[N+](=O)[O-].I. The van der Waals surface area contributed by atoms with E-state index in [1.165, 1.54) is 25.0 Å². The van der Waals surface area contributed by atoms with Gasteiger partial charge in [0.2, 0.25) is 0 Å². The lowest BCUT2D eigenvalue weighted by Crippen LogP contribution is -2.35. The minimum atomic E-state index is -3.50. The maximum atomic E-state index is 11.5. The van der Waals surface area contributed by atoms with Gasteiger partial charge in [-0.2, -0.15) is 0 Å². The zero-order valence-electron chi connectivity index (χ0n) is 15.6. The van der Waals surface area contributed by atoms with Gasteiger partial charge in [0, 0.05) is 32.0 Å². The number of unbranched alkanes of at least 4 members (excludes halogenated alkanes) is 3. The molecule has 0 aliphatic heterocycles. The maximum absolute atomic E-state index is 11.5. The van der Waals surface area contributed by atoms with Crippen molar-refractivity contribution in [1.82, 2.24) is 5.32 Å². The monoisotopic (exact) mass is 513 g/mol. The summed E-state index contributed by atoms with van der Waals surface area (Å²) < 4.78 is 23.0. The van der Waals surface area contributed by atoms with Gasteiger partial charge in [-0.15, -0.1) is 24.0 Å². The molecule has 0 saturated carbocycles. The standard InChI is InChI=1S/C16H27N5O4S.HI/c1-3-4-5-6-9-19-16(17)20-11-10-18-14-8-7-13(26(2,24)25)12-15(14)21(22)23;/h7-8,12,18H,3-6,9-11H2,1-2H3,(H3,17,19,20);1H. The molecule has 0 aromatic heterocycles. The van der Waals surface area contributed by atoms with E-state index >= 15 is 0 Å². The third-order valence-electron chi connectivity index (χ3n) is 3.63. The van der Waals surface area contributed by atoms with Crippen LogP contribution >= 0.6 is 24.0 Å². The van der Waals surface area contributed by atoms with Gasteiger partial charge in [0.15, 0.2) is 15.8 Å². The van der Waals surface area contributed by atoms with Gasteiger partial charge in [0.1, 0.15) is 5.69 Å². The van der Waals surface area contributed by atoms with E-state index in [9.17, 15) is 18.5 Å². The fraction of sp³-hybridized carbons (Fsp3) is 0.562. The molecule has 0 atom stereocenters. The Hall–Kier alpha value is -1.63. The van der Waals surface area contributed by atoms with Crippen molar-refractivity contribution in [1.29, 1.82) is 0 Å². The van der Waals surface area contributed by atoms with Gasteiger partial charge >= 0.3 is 0 Å². The summed E-state index contributed by atoms with van der Waals surface area (Å²) in [5.41, 5.74) is 5.71. The minimum absolute atomic E-state index is 0. The van der Waals surface area contributed by atoms with Crippen LogP contribution in [0.25, 0.3) is 0 Å². The molecule has 1 rings (SSSR count). The van der Waals surface area contributed by atoms with Gasteiger partial charge in [-0.25, -0.2) is 8.42 Å². The Morgan fingerprint density at radius 3 is 2.56 bits per heavy atom. The van der Waals surface area contributed by atoms with Gasteiger partial charge in [-0.05, 0) is 18.6 Å². The summed E-state index contributed by atoms with van der Waals surface area (Å²) in [7, 11) is -3.50. The first-order valence-electron chi connectivity index (χ1n) is 8.52. The number of hydrogen-bond acceptors (Lipinski definition) is 6. The predicted octanol–water partition coefficient (Wildman–Crippen LogP) is 2.51. The fourth-order valence-electron chi connectivity index (χ4n) is 2.22. The van der Waals surface area contributed by atoms with Crippen LogP contribution in [0.1, 0.15) is 32.6 Å². The molecule has 0 amide bonds. The number of nitrogens with one attached hydrogen (secondary N) is 2. The molecule has 4 N–H and O–H groups in total. The lowest BCUT2D eigenvalue weighted by Gasteiger charge is -2.09. The Morgan fingerprint density at radius 1 is 1.26 bits per heavy atom. The molecule has 154 valence electrons. The van der Waals surface area contributed by atoms with Crippen LogP contribution in [0.3, 0.4) is 0 Å². The molecule has 27 heavy (non-hydrogen) atoms. The molecule has 11 heteroatoms. The number of halogens is 1. The highest BCUT2D eigenvalue weighted by atomic mass is 127. The van der Waals surface area contributed by atoms with Gasteiger partial charge in [-0.1, -0.05) is 26.2 Å². The van der Waals surface area contributed by atoms with Crippen molar-refractivity contribution in [3.63, 3.8) is 0 Å². The lowest BCUT2D eigenvalue weighted by atomic mass is 10.2. The number of rotatable bonds is 11. The quantitative estimate of drug-likeness (QED) is 0.103. The smallest absolute Gasteiger partial charge is 0.293 e. The number of anilines is 1. The van der Waals surface area contributed by atoms with Crippen LogP contribution in [-0.4, -0.2) is 45.2 Å². The summed E-state index contributed by atoms with van der Waals surface area (Å²) in [4.78, 5) is 14.7. The van der Waals surface area contributed by atoms with Crippen LogP contribution in [0.5, 0.6) is 0 Å². The summed E-state index contributed by atoms with van der Waals surface area (Å²) in [6.45, 7) is 3.61. The zero-order chi connectivity index (χ0) is 19.6. The fourth-order valence-corrected chi connectivity index (χ4v) is 2.87. The summed E-state index contributed by atoms with van der Waals surface area (Å²) in [5.74, 6) is 0.338. The van der Waals surface area contributed by atoms with E-state index < -0.39 is 14.8 Å². The Balaban J connectivity index is 0.00000676. The highest BCUT2D eigenvalue weighted by Gasteiger charge is 2.18. The first-order chi connectivity index (χ1) is 12.3. The summed E-state index contributed by atoms with van der Waals surface area (Å²) in [5, 5.41) is 17.0. The molecule has 0 aliphatic rings. The molecule has 0 fully saturated rings. The molecular formula is C16H28IN5O4S. The molecule has 0 unspecified atom stereocenters. The van der Waals surface area contributed by atoms with E-state index in [2.05, 4.69) is 22.5 Å². The van der Waals surface area contributed by atoms with Gasteiger partial charge < -0.3 is 16.4 Å². The molecule has 9 nitrogen and oxygen atoms in total. The van der Waals surface area contributed by atoms with E-state index in [1.54, 1.807) is 0 Å². The van der Waals surface area contributed by atoms with Crippen molar-refractivity contribution in [2.24, 2.45) is 10.7 Å². The van der Waals surface area contributed by atoms with E-state index in [0.29, 0.717) is 25.6 Å². The molecule has 0 radical (unpaired) electrons. The highest BCUT2D eigenvalue weighted by molar-refractivity contribution is 14.0. The Morgan fingerprint density at radius 2 is 1.96 bits per heavy atom. The van der Waals surface area contributed by atoms with Crippen molar-refractivity contribution in [3.8, 4) is 0 Å². The second-order valence-electron chi connectivity index (χ2n) is 5.89. The zero-order valence-corrected chi connectivity index (χ0v) is 18.7. The Kier molecular flexibility index (Phi) is 11.9. The van der Waals surface area contributed by atoms with Gasteiger partial charge in [0.05, 0.1) is 9.82 Å². The van der Waals surface area contributed by atoms with E-state index in [-0.39, 0.29) is 40.2 Å². The molecule has 0 bridgehead atoms. The van der Waals surface area contributed by atoms with Crippen molar-refractivity contribution in [3.05, 3.63) is 28.3 Å². The largest absolute Gasteiger partial charge is 0.378 e. The van der Waals surface area contributed by atoms with Crippen molar-refractivity contribution >= 4 is 51.1 Å². The average Bonchev–Trinajstić information content (AvgIpc) is 2.57. The summed E-state index contributed by atoms with van der Waals surface area (Å²) in [6, 6.07) is 3.78. The molecule has 0 aliphatic carbocycles. The van der Waals surface area contributed by atoms with Crippen LogP contribution in [0.4, 0.5) is 11.4 Å².